The van der Waals surface area contributed by atoms with Crippen molar-refractivity contribution in [2.24, 2.45) is 5.41 Å². The molecule has 0 aromatic rings. The van der Waals surface area contributed by atoms with E-state index in [0.717, 1.165) is 25.8 Å². The predicted octanol–water partition coefficient (Wildman–Crippen LogP) is 6.15. The molecule has 0 aliphatic heterocycles. The molecule has 184 valence electrons. The average Bonchev–Trinajstić information content (AvgIpc) is 2.66. The lowest BCUT2D eigenvalue weighted by molar-refractivity contribution is -0.134. The van der Waals surface area contributed by atoms with Gasteiger partial charge in [0.05, 0.1) is 12.0 Å². The van der Waals surface area contributed by atoms with Gasteiger partial charge in [0, 0.05) is 24.6 Å². The van der Waals surface area contributed by atoms with Gasteiger partial charge in [-0.05, 0) is 40.0 Å². The van der Waals surface area contributed by atoms with E-state index in [1.54, 1.807) is 0 Å². The largest absolute Gasteiger partial charge is 0.375 e. The van der Waals surface area contributed by atoms with Gasteiger partial charge in [0.25, 0.3) is 0 Å². The highest BCUT2D eigenvalue weighted by Gasteiger charge is 2.29. The lowest BCUT2D eigenvalue weighted by Crippen LogP contribution is -2.40. The quantitative estimate of drug-likeness (QED) is 0.237. The van der Waals surface area contributed by atoms with Gasteiger partial charge >= 0.3 is 0 Å². The first-order valence-corrected chi connectivity index (χ1v) is 12.8. The van der Waals surface area contributed by atoms with Crippen molar-refractivity contribution in [1.82, 2.24) is 10.6 Å². The van der Waals surface area contributed by atoms with E-state index in [2.05, 4.69) is 31.4 Å². The molecule has 2 amide bonds. The second-order valence-corrected chi connectivity index (χ2v) is 10.4. The summed E-state index contributed by atoms with van der Waals surface area (Å²) in [7, 11) is 0. The van der Waals surface area contributed by atoms with Crippen molar-refractivity contribution in [3.8, 4) is 0 Å². The molecule has 0 aromatic carbocycles. The lowest BCUT2D eigenvalue weighted by atomic mass is 9.88. The van der Waals surface area contributed by atoms with Gasteiger partial charge in [0.1, 0.15) is 0 Å². The van der Waals surface area contributed by atoms with E-state index in [1.807, 2.05) is 27.7 Å². The maximum atomic E-state index is 12.5. The number of rotatable bonds is 19. The first-order chi connectivity index (χ1) is 14.5. The molecular weight excluding hydrogens is 388 g/mol. The van der Waals surface area contributed by atoms with Gasteiger partial charge in [-0.1, -0.05) is 79.1 Å². The first-order valence-electron chi connectivity index (χ1n) is 12.8. The average molecular weight is 441 g/mol. The highest BCUT2D eigenvalue weighted by Crippen LogP contribution is 2.23. The molecule has 0 radical (unpaired) electrons. The smallest absolute Gasteiger partial charge is 0.225 e. The van der Waals surface area contributed by atoms with Crippen molar-refractivity contribution in [1.29, 1.82) is 0 Å². The molecule has 0 aromatic heterocycles. The minimum absolute atomic E-state index is 0.0352. The van der Waals surface area contributed by atoms with E-state index in [1.165, 1.54) is 44.9 Å². The van der Waals surface area contributed by atoms with E-state index in [9.17, 15) is 9.59 Å². The second kappa shape index (κ2) is 16.5. The first kappa shape index (κ1) is 29.9. The highest BCUT2D eigenvalue weighted by atomic mass is 16.5. The Labute approximate surface area is 192 Å². The molecule has 0 fully saturated rings. The van der Waals surface area contributed by atoms with Crippen LogP contribution in [0.1, 0.15) is 126 Å². The summed E-state index contributed by atoms with van der Waals surface area (Å²) in [6.07, 6.45) is 12.8. The molecule has 0 aliphatic carbocycles. The molecule has 2 N–H and O–H groups in total. The van der Waals surface area contributed by atoms with Crippen molar-refractivity contribution in [2.45, 2.75) is 137 Å². The SMILES string of the molecule is CCCCCCCNC(=O)C(C)(C)CCOC(C)(C)CC(=O)NC(C)CCCCCC. The van der Waals surface area contributed by atoms with Crippen molar-refractivity contribution >= 4 is 11.8 Å². The molecule has 0 rings (SSSR count). The number of carbonyl (C=O) groups is 2. The van der Waals surface area contributed by atoms with E-state index < -0.39 is 11.0 Å². The lowest BCUT2D eigenvalue weighted by Gasteiger charge is -2.29. The van der Waals surface area contributed by atoms with Crippen molar-refractivity contribution in [2.75, 3.05) is 13.2 Å². The minimum Gasteiger partial charge on any atom is -0.375 e. The molecule has 5 heteroatoms. The van der Waals surface area contributed by atoms with Crippen LogP contribution in [-0.2, 0) is 14.3 Å². The van der Waals surface area contributed by atoms with Crippen molar-refractivity contribution in [3.63, 3.8) is 0 Å². The predicted molar refractivity (Wildman–Crippen MR) is 131 cm³/mol. The Morgan fingerprint density at radius 2 is 1.45 bits per heavy atom. The zero-order valence-corrected chi connectivity index (χ0v) is 21.7. The summed E-state index contributed by atoms with van der Waals surface area (Å²) >= 11 is 0. The van der Waals surface area contributed by atoms with Crippen LogP contribution < -0.4 is 10.6 Å². The summed E-state index contributed by atoms with van der Waals surface area (Å²) in [5.74, 6) is 0.118. The van der Waals surface area contributed by atoms with Gasteiger partial charge in [-0.3, -0.25) is 9.59 Å². The molecule has 0 bridgehead atoms. The third kappa shape index (κ3) is 16.2. The maximum absolute atomic E-state index is 12.5. The molecule has 0 spiro atoms. The molecule has 1 unspecified atom stereocenters. The normalized spacial score (nSPS) is 13.1. The molecule has 31 heavy (non-hydrogen) atoms. The van der Waals surface area contributed by atoms with Crippen LogP contribution in [0.25, 0.3) is 0 Å². The summed E-state index contributed by atoms with van der Waals surface area (Å²) in [5.41, 5.74) is -1.02. The zero-order valence-electron chi connectivity index (χ0n) is 21.7. The number of amides is 2. The number of hydrogen-bond donors (Lipinski definition) is 2. The van der Waals surface area contributed by atoms with E-state index in [-0.39, 0.29) is 17.9 Å². The molecule has 0 saturated carbocycles. The van der Waals surface area contributed by atoms with Crippen LogP contribution in [0.4, 0.5) is 0 Å². The molecule has 5 nitrogen and oxygen atoms in total. The Balaban J connectivity index is 4.15. The van der Waals surface area contributed by atoms with Gasteiger partial charge in [0.2, 0.25) is 11.8 Å². The fourth-order valence-corrected chi connectivity index (χ4v) is 3.58. The summed E-state index contributed by atoms with van der Waals surface area (Å²) in [4.78, 5) is 24.9. The fourth-order valence-electron chi connectivity index (χ4n) is 3.58. The third-order valence-electron chi connectivity index (χ3n) is 5.88. The fraction of sp³-hybridized carbons (Fsp3) is 0.923. The Morgan fingerprint density at radius 1 is 0.871 bits per heavy atom. The molecule has 0 heterocycles. The topological polar surface area (TPSA) is 67.4 Å². The summed E-state index contributed by atoms with van der Waals surface area (Å²) in [5, 5.41) is 6.16. The van der Waals surface area contributed by atoms with Gasteiger partial charge in [-0.2, -0.15) is 0 Å². The molecule has 1 atom stereocenters. The Hall–Kier alpha value is -1.10. The van der Waals surface area contributed by atoms with Crippen LogP contribution in [0.3, 0.4) is 0 Å². The van der Waals surface area contributed by atoms with E-state index in [0.29, 0.717) is 19.4 Å². The monoisotopic (exact) mass is 440 g/mol. The highest BCUT2D eigenvalue weighted by molar-refractivity contribution is 5.81. The Morgan fingerprint density at radius 3 is 2.06 bits per heavy atom. The number of nitrogens with one attached hydrogen (secondary N) is 2. The van der Waals surface area contributed by atoms with Gasteiger partial charge < -0.3 is 15.4 Å². The van der Waals surface area contributed by atoms with Crippen LogP contribution in [-0.4, -0.2) is 36.6 Å². The molecule has 0 aliphatic rings. The summed E-state index contributed by atoms with van der Waals surface area (Å²) in [6.45, 7) is 15.5. The Kier molecular flexibility index (Phi) is 15.9. The Bertz CT molecular complexity index is 489. The van der Waals surface area contributed by atoms with Crippen LogP contribution in [0.15, 0.2) is 0 Å². The van der Waals surface area contributed by atoms with Crippen LogP contribution in [0.2, 0.25) is 0 Å². The minimum atomic E-state index is -0.544. The number of hydrogen-bond acceptors (Lipinski definition) is 3. The van der Waals surface area contributed by atoms with Crippen LogP contribution >= 0.6 is 0 Å². The molecular formula is C26H52N2O3. The summed E-state index contributed by atoms with van der Waals surface area (Å²) < 4.78 is 6.01. The van der Waals surface area contributed by atoms with Gasteiger partial charge in [0.15, 0.2) is 0 Å². The van der Waals surface area contributed by atoms with E-state index in [4.69, 9.17) is 4.74 Å². The standard InChI is InChI=1S/C26H52N2O3/c1-8-10-12-14-16-19-27-24(30)25(4,5)18-20-31-26(6,7)21-23(29)28-22(3)17-15-13-11-9-2/h22H,8-21H2,1-7H3,(H,27,30)(H,28,29). The summed E-state index contributed by atoms with van der Waals surface area (Å²) in [6, 6.07) is 0.199. The number of unbranched alkanes of at least 4 members (excludes halogenated alkanes) is 7. The third-order valence-corrected chi connectivity index (χ3v) is 5.88. The molecule has 0 saturated heterocycles. The second-order valence-electron chi connectivity index (χ2n) is 10.4. The number of carbonyl (C=O) groups excluding carboxylic acids is 2. The zero-order chi connectivity index (χ0) is 23.8. The van der Waals surface area contributed by atoms with Gasteiger partial charge in [-0.15, -0.1) is 0 Å². The number of ether oxygens (including phenoxy) is 1. The van der Waals surface area contributed by atoms with Crippen molar-refractivity contribution in [3.05, 3.63) is 0 Å². The maximum Gasteiger partial charge on any atom is 0.225 e. The van der Waals surface area contributed by atoms with Crippen molar-refractivity contribution < 1.29 is 14.3 Å². The van der Waals surface area contributed by atoms with E-state index >= 15 is 0 Å². The van der Waals surface area contributed by atoms with Crippen LogP contribution in [0.5, 0.6) is 0 Å². The van der Waals surface area contributed by atoms with Gasteiger partial charge in [-0.25, -0.2) is 0 Å². The van der Waals surface area contributed by atoms with Crippen LogP contribution in [0, 0.1) is 5.41 Å².